The van der Waals surface area contributed by atoms with Gasteiger partial charge in [-0.3, -0.25) is 4.79 Å². The maximum atomic E-state index is 13.2. The van der Waals surface area contributed by atoms with Crippen LogP contribution in [-0.2, 0) is 16.1 Å². The number of nitrogens with zero attached hydrogens (tertiary/aromatic N) is 1. The van der Waals surface area contributed by atoms with Crippen LogP contribution in [0.3, 0.4) is 0 Å². The topological polar surface area (TPSA) is 48.0 Å². The molecule has 0 bridgehead atoms. The van der Waals surface area contributed by atoms with Crippen molar-refractivity contribution < 1.29 is 19.0 Å². The molecule has 0 spiro atoms. The average Bonchev–Trinajstić information content (AvgIpc) is 3.22. The van der Waals surface area contributed by atoms with Gasteiger partial charge in [0.2, 0.25) is 12.7 Å². The molecule has 5 nitrogen and oxygen atoms in total. The van der Waals surface area contributed by atoms with Crippen LogP contribution in [0.5, 0.6) is 11.5 Å². The molecule has 5 heteroatoms. The Labute approximate surface area is 143 Å². The maximum absolute atomic E-state index is 13.2. The molecule has 1 fully saturated rings. The Kier molecular flexibility index (Phi) is 4.99. The third-order valence-electron chi connectivity index (χ3n) is 5.16. The molecule has 3 rings (SSSR count). The fourth-order valence-electron chi connectivity index (χ4n) is 3.48. The third-order valence-corrected chi connectivity index (χ3v) is 5.16. The van der Waals surface area contributed by atoms with Gasteiger partial charge < -0.3 is 19.1 Å². The second kappa shape index (κ2) is 7.01. The van der Waals surface area contributed by atoms with Gasteiger partial charge in [-0.05, 0) is 43.4 Å². The Hall–Kier alpha value is -1.75. The average molecular weight is 333 g/mol. The van der Waals surface area contributed by atoms with Crippen molar-refractivity contribution in [3.63, 3.8) is 0 Å². The van der Waals surface area contributed by atoms with E-state index in [0.717, 1.165) is 42.7 Å². The van der Waals surface area contributed by atoms with E-state index in [4.69, 9.17) is 14.2 Å². The standard InChI is InChI=1S/C19H27NO4/c1-4-15(5-2)20(18(21)19(8-9-19)12-22-3)11-14-6-7-16-17(10-14)24-13-23-16/h6-7,10,15H,4-5,8-9,11-13H2,1-3H3. The Bertz CT molecular complexity index is 593. The minimum atomic E-state index is -0.298. The van der Waals surface area contributed by atoms with Gasteiger partial charge in [0, 0.05) is 19.7 Å². The van der Waals surface area contributed by atoms with Gasteiger partial charge >= 0.3 is 0 Å². The van der Waals surface area contributed by atoms with Crippen molar-refractivity contribution in [3.05, 3.63) is 23.8 Å². The molecule has 132 valence electrons. The minimum absolute atomic E-state index is 0.232. The zero-order valence-corrected chi connectivity index (χ0v) is 14.8. The van der Waals surface area contributed by atoms with Crippen LogP contribution in [-0.4, -0.2) is 37.4 Å². The molecule has 1 heterocycles. The lowest BCUT2D eigenvalue weighted by Crippen LogP contribution is -2.44. The van der Waals surface area contributed by atoms with E-state index in [1.54, 1.807) is 7.11 Å². The van der Waals surface area contributed by atoms with Gasteiger partial charge in [-0.25, -0.2) is 0 Å². The highest BCUT2D eigenvalue weighted by molar-refractivity contribution is 5.85. The summed E-state index contributed by atoms with van der Waals surface area (Å²) in [5, 5.41) is 0. The molecule has 0 N–H and O–H groups in total. The fraction of sp³-hybridized carbons (Fsp3) is 0.632. The number of benzene rings is 1. The number of ether oxygens (including phenoxy) is 3. The minimum Gasteiger partial charge on any atom is -0.454 e. The van der Waals surface area contributed by atoms with Crippen LogP contribution in [0.2, 0.25) is 0 Å². The van der Waals surface area contributed by atoms with Crippen molar-refractivity contribution in [2.45, 2.75) is 52.1 Å². The molecule has 0 saturated heterocycles. The van der Waals surface area contributed by atoms with Crippen molar-refractivity contribution in [2.75, 3.05) is 20.5 Å². The molecule has 0 aromatic heterocycles. The third kappa shape index (κ3) is 3.22. The van der Waals surface area contributed by atoms with E-state index in [1.165, 1.54) is 0 Å². The van der Waals surface area contributed by atoms with Crippen molar-refractivity contribution >= 4 is 5.91 Å². The summed E-state index contributed by atoms with van der Waals surface area (Å²) in [5.74, 6) is 1.77. The van der Waals surface area contributed by atoms with Gasteiger partial charge in [-0.2, -0.15) is 0 Å². The van der Waals surface area contributed by atoms with Gasteiger partial charge in [0.1, 0.15) is 0 Å². The summed E-state index contributed by atoms with van der Waals surface area (Å²) in [6.45, 7) is 5.68. The van der Waals surface area contributed by atoms with Gasteiger partial charge in [0.05, 0.1) is 12.0 Å². The summed E-state index contributed by atoms with van der Waals surface area (Å²) in [7, 11) is 1.67. The highest BCUT2D eigenvalue weighted by Gasteiger charge is 2.52. The predicted molar refractivity (Wildman–Crippen MR) is 91.0 cm³/mol. The van der Waals surface area contributed by atoms with Crippen LogP contribution in [0.15, 0.2) is 18.2 Å². The van der Waals surface area contributed by atoms with Crippen LogP contribution in [0.25, 0.3) is 0 Å². The SMILES string of the molecule is CCC(CC)N(Cc1ccc2c(c1)OCO2)C(=O)C1(COC)CC1. The number of rotatable bonds is 8. The number of carbonyl (C=O) groups excluding carboxylic acids is 1. The zero-order valence-electron chi connectivity index (χ0n) is 14.8. The lowest BCUT2D eigenvalue weighted by atomic mass is 10.0. The van der Waals surface area contributed by atoms with Crippen LogP contribution < -0.4 is 9.47 Å². The second-order valence-electron chi connectivity index (χ2n) is 6.80. The molecular formula is C19H27NO4. The van der Waals surface area contributed by atoms with Crippen LogP contribution in [0, 0.1) is 5.41 Å². The molecular weight excluding hydrogens is 306 g/mol. The molecule has 0 atom stereocenters. The van der Waals surface area contributed by atoms with Gasteiger partial charge in [-0.15, -0.1) is 0 Å². The molecule has 1 aromatic rings. The highest BCUT2D eigenvalue weighted by Crippen LogP contribution is 2.48. The first-order valence-electron chi connectivity index (χ1n) is 8.82. The van der Waals surface area contributed by atoms with E-state index in [1.807, 2.05) is 23.1 Å². The summed E-state index contributed by atoms with van der Waals surface area (Å²) in [4.78, 5) is 15.2. The number of fused-ring (bicyclic) bond motifs is 1. The number of hydrogen-bond donors (Lipinski definition) is 0. The Morgan fingerprint density at radius 3 is 2.58 bits per heavy atom. The Balaban J connectivity index is 1.81. The number of methoxy groups -OCH3 is 1. The zero-order chi connectivity index (χ0) is 17.2. The first-order chi connectivity index (χ1) is 11.6. The fourth-order valence-corrected chi connectivity index (χ4v) is 3.48. The normalized spacial score (nSPS) is 17.2. The summed E-state index contributed by atoms with van der Waals surface area (Å²) in [5.41, 5.74) is 0.779. The lowest BCUT2D eigenvalue weighted by molar-refractivity contribution is -0.142. The summed E-state index contributed by atoms with van der Waals surface area (Å²) in [6, 6.07) is 6.18. The van der Waals surface area contributed by atoms with Gasteiger partial charge in [0.15, 0.2) is 11.5 Å². The summed E-state index contributed by atoms with van der Waals surface area (Å²) < 4.78 is 16.2. The quantitative estimate of drug-likeness (QED) is 0.732. The second-order valence-corrected chi connectivity index (χ2v) is 6.80. The first kappa shape index (κ1) is 17.1. The largest absolute Gasteiger partial charge is 0.454 e. The van der Waals surface area contributed by atoms with E-state index < -0.39 is 0 Å². The van der Waals surface area contributed by atoms with Crippen molar-refractivity contribution in [3.8, 4) is 11.5 Å². The maximum Gasteiger partial charge on any atom is 0.231 e. The van der Waals surface area contributed by atoms with E-state index in [9.17, 15) is 4.79 Å². The molecule has 2 aliphatic rings. The number of hydrogen-bond acceptors (Lipinski definition) is 4. The molecule has 1 aliphatic carbocycles. The highest BCUT2D eigenvalue weighted by atomic mass is 16.7. The van der Waals surface area contributed by atoms with E-state index >= 15 is 0 Å². The van der Waals surface area contributed by atoms with Crippen LogP contribution in [0.1, 0.15) is 45.1 Å². The van der Waals surface area contributed by atoms with Crippen LogP contribution in [0.4, 0.5) is 0 Å². The van der Waals surface area contributed by atoms with Gasteiger partial charge in [-0.1, -0.05) is 19.9 Å². The monoisotopic (exact) mass is 333 g/mol. The number of carbonyl (C=O) groups is 1. The predicted octanol–water partition coefficient (Wildman–Crippen LogP) is 3.36. The molecule has 1 saturated carbocycles. The van der Waals surface area contributed by atoms with E-state index in [0.29, 0.717) is 13.2 Å². The first-order valence-corrected chi connectivity index (χ1v) is 8.82. The molecule has 0 unspecified atom stereocenters. The summed E-state index contributed by atoms with van der Waals surface area (Å²) >= 11 is 0. The number of amides is 1. The van der Waals surface area contributed by atoms with E-state index in [-0.39, 0.29) is 24.2 Å². The van der Waals surface area contributed by atoms with Crippen molar-refractivity contribution in [1.29, 1.82) is 0 Å². The molecule has 0 radical (unpaired) electrons. The van der Waals surface area contributed by atoms with Crippen molar-refractivity contribution in [2.24, 2.45) is 5.41 Å². The molecule has 1 aliphatic heterocycles. The smallest absolute Gasteiger partial charge is 0.231 e. The molecule has 1 aromatic carbocycles. The molecule has 1 amide bonds. The van der Waals surface area contributed by atoms with E-state index in [2.05, 4.69) is 13.8 Å². The Morgan fingerprint density at radius 1 is 1.25 bits per heavy atom. The lowest BCUT2D eigenvalue weighted by Gasteiger charge is -2.34. The Morgan fingerprint density at radius 2 is 1.96 bits per heavy atom. The summed E-state index contributed by atoms with van der Waals surface area (Å²) in [6.07, 6.45) is 3.76. The van der Waals surface area contributed by atoms with Gasteiger partial charge in [0.25, 0.3) is 0 Å². The van der Waals surface area contributed by atoms with Crippen molar-refractivity contribution in [1.82, 2.24) is 4.90 Å². The molecule has 24 heavy (non-hydrogen) atoms. The van der Waals surface area contributed by atoms with Crippen LogP contribution >= 0.6 is 0 Å².